The molecule has 0 spiro atoms. The van der Waals surface area contributed by atoms with E-state index in [1.165, 1.54) is 0 Å². The van der Waals surface area contributed by atoms with Crippen LogP contribution in [0.1, 0.15) is 11.3 Å². The molecule has 0 aliphatic heterocycles. The lowest BCUT2D eigenvalue weighted by molar-refractivity contribution is 0.398. The molecule has 0 saturated carbocycles. The molecule has 15 heavy (non-hydrogen) atoms. The summed E-state index contributed by atoms with van der Waals surface area (Å²) < 4.78 is 5.19. The molecule has 0 unspecified atom stereocenters. The predicted octanol–water partition coefficient (Wildman–Crippen LogP) is 3.43. The maximum atomic E-state index is 5.75. The number of halogens is 1. The molecule has 0 amide bonds. The number of aromatic nitrogens is 1. The number of hydrogen-bond donors (Lipinski definition) is 0. The minimum Gasteiger partial charge on any atom is -0.361 e. The lowest BCUT2D eigenvalue weighted by Gasteiger charge is -1.99. The van der Waals surface area contributed by atoms with Gasteiger partial charge in [-0.1, -0.05) is 35.5 Å². The van der Waals surface area contributed by atoms with Crippen LogP contribution in [0.25, 0.3) is 11.3 Å². The molecule has 0 aliphatic rings. The zero-order valence-corrected chi connectivity index (χ0v) is 9.29. The molecule has 0 fully saturated rings. The van der Waals surface area contributed by atoms with Crippen molar-refractivity contribution < 1.29 is 4.52 Å². The van der Waals surface area contributed by atoms with Crippen LogP contribution in [0.4, 0.5) is 0 Å². The van der Waals surface area contributed by atoms with Crippen LogP contribution in [-0.4, -0.2) is 11.0 Å². The van der Waals surface area contributed by atoms with Gasteiger partial charge in [-0.05, 0) is 13.3 Å². The Morgan fingerprint density at radius 1 is 1.27 bits per heavy atom. The highest BCUT2D eigenvalue weighted by Gasteiger charge is 2.13. The summed E-state index contributed by atoms with van der Waals surface area (Å²) >= 11 is 5.75. The molecule has 1 aromatic heterocycles. The second-order valence-corrected chi connectivity index (χ2v) is 3.75. The number of hydrogen-bond acceptors (Lipinski definition) is 2. The van der Waals surface area contributed by atoms with Crippen LogP contribution in [0, 0.1) is 6.92 Å². The Morgan fingerprint density at radius 3 is 2.67 bits per heavy atom. The molecule has 1 heterocycles. The largest absolute Gasteiger partial charge is 0.361 e. The van der Waals surface area contributed by atoms with Crippen molar-refractivity contribution in [3.05, 3.63) is 41.7 Å². The standard InChI is InChI=1S/C12H12ClNO/c1-9-11(7-8-13)12(14-15-9)10-5-3-2-4-6-10/h2-6H,7-8H2,1H3. The minimum absolute atomic E-state index is 0.585. The third-order valence-electron chi connectivity index (χ3n) is 2.38. The Bertz CT molecular complexity index is 436. The highest BCUT2D eigenvalue weighted by molar-refractivity contribution is 6.18. The molecule has 0 N–H and O–H groups in total. The van der Waals surface area contributed by atoms with Gasteiger partial charge in [0.05, 0.1) is 0 Å². The van der Waals surface area contributed by atoms with E-state index in [0.29, 0.717) is 5.88 Å². The Hall–Kier alpha value is -1.28. The molecule has 0 aliphatic carbocycles. The van der Waals surface area contributed by atoms with Crippen molar-refractivity contribution in [3.8, 4) is 11.3 Å². The van der Waals surface area contributed by atoms with Gasteiger partial charge in [0.25, 0.3) is 0 Å². The molecule has 2 nitrogen and oxygen atoms in total. The van der Waals surface area contributed by atoms with Crippen LogP contribution < -0.4 is 0 Å². The number of nitrogens with zero attached hydrogens (tertiary/aromatic N) is 1. The summed E-state index contributed by atoms with van der Waals surface area (Å²) in [7, 11) is 0. The van der Waals surface area contributed by atoms with E-state index in [4.69, 9.17) is 16.1 Å². The second kappa shape index (κ2) is 4.49. The molecular formula is C12H12ClNO. The predicted molar refractivity (Wildman–Crippen MR) is 61.1 cm³/mol. The van der Waals surface area contributed by atoms with Gasteiger partial charge in [-0.15, -0.1) is 11.6 Å². The maximum absolute atomic E-state index is 5.75. The first-order chi connectivity index (χ1) is 7.33. The van der Waals surface area contributed by atoms with Crippen molar-refractivity contribution in [2.75, 3.05) is 5.88 Å². The van der Waals surface area contributed by atoms with Crippen molar-refractivity contribution >= 4 is 11.6 Å². The quantitative estimate of drug-likeness (QED) is 0.743. The fourth-order valence-corrected chi connectivity index (χ4v) is 1.79. The van der Waals surface area contributed by atoms with E-state index in [-0.39, 0.29) is 0 Å². The summed E-state index contributed by atoms with van der Waals surface area (Å²) in [6.07, 6.45) is 0.793. The average molecular weight is 222 g/mol. The monoisotopic (exact) mass is 221 g/mol. The Labute approximate surface area is 93.9 Å². The summed E-state index contributed by atoms with van der Waals surface area (Å²) in [5, 5.41) is 4.07. The molecule has 3 heteroatoms. The van der Waals surface area contributed by atoms with Gasteiger partial charge in [0.1, 0.15) is 11.5 Å². The van der Waals surface area contributed by atoms with E-state index in [0.717, 1.165) is 29.0 Å². The molecule has 0 atom stereocenters. The van der Waals surface area contributed by atoms with E-state index in [1.807, 2.05) is 37.3 Å². The summed E-state index contributed by atoms with van der Waals surface area (Å²) in [6.45, 7) is 1.92. The molecular weight excluding hydrogens is 210 g/mol. The summed E-state index contributed by atoms with van der Waals surface area (Å²) in [6, 6.07) is 10.0. The van der Waals surface area contributed by atoms with Crippen molar-refractivity contribution in [2.24, 2.45) is 0 Å². The third kappa shape index (κ3) is 2.05. The highest BCUT2D eigenvalue weighted by atomic mass is 35.5. The fourth-order valence-electron chi connectivity index (χ4n) is 1.60. The van der Waals surface area contributed by atoms with Gasteiger partial charge in [-0.25, -0.2) is 0 Å². The molecule has 1 aromatic carbocycles. The van der Waals surface area contributed by atoms with E-state index in [9.17, 15) is 0 Å². The first-order valence-corrected chi connectivity index (χ1v) is 5.43. The molecule has 0 radical (unpaired) electrons. The van der Waals surface area contributed by atoms with E-state index in [2.05, 4.69) is 5.16 Å². The van der Waals surface area contributed by atoms with Gasteiger partial charge < -0.3 is 4.52 Å². The summed E-state index contributed by atoms with van der Waals surface area (Å²) in [5.41, 5.74) is 3.10. The average Bonchev–Trinajstić information content (AvgIpc) is 2.63. The Balaban J connectivity index is 2.44. The smallest absolute Gasteiger partial charge is 0.137 e. The van der Waals surface area contributed by atoms with Crippen LogP contribution in [0.2, 0.25) is 0 Å². The molecule has 0 saturated heterocycles. The van der Waals surface area contributed by atoms with Gasteiger partial charge in [0.15, 0.2) is 0 Å². The van der Waals surface area contributed by atoms with Crippen LogP contribution in [-0.2, 0) is 6.42 Å². The van der Waals surface area contributed by atoms with Crippen molar-refractivity contribution in [3.63, 3.8) is 0 Å². The van der Waals surface area contributed by atoms with E-state index >= 15 is 0 Å². The first-order valence-electron chi connectivity index (χ1n) is 4.89. The fraction of sp³-hybridized carbons (Fsp3) is 0.250. The summed E-state index contributed by atoms with van der Waals surface area (Å²) in [4.78, 5) is 0. The van der Waals surface area contributed by atoms with Gasteiger partial charge in [-0.2, -0.15) is 0 Å². The van der Waals surface area contributed by atoms with Crippen LogP contribution >= 0.6 is 11.6 Å². The molecule has 2 aromatic rings. The van der Waals surface area contributed by atoms with Gasteiger partial charge in [0.2, 0.25) is 0 Å². The Kier molecular flexibility index (Phi) is 3.07. The SMILES string of the molecule is Cc1onc(-c2ccccc2)c1CCCl. The number of aryl methyl sites for hydroxylation is 1. The number of alkyl halides is 1. The lowest BCUT2D eigenvalue weighted by Crippen LogP contribution is -1.90. The molecule has 0 bridgehead atoms. The molecule has 78 valence electrons. The maximum Gasteiger partial charge on any atom is 0.137 e. The van der Waals surface area contributed by atoms with Crippen molar-refractivity contribution in [1.29, 1.82) is 0 Å². The van der Waals surface area contributed by atoms with E-state index in [1.54, 1.807) is 0 Å². The number of rotatable bonds is 3. The third-order valence-corrected chi connectivity index (χ3v) is 2.57. The topological polar surface area (TPSA) is 26.0 Å². The van der Waals surface area contributed by atoms with Crippen molar-refractivity contribution in [2.45, 2.75) is 13.3 Å². The zero-order valence-electron chi connectivity index (χ0n) is 8.53. The Morgan fingerprint density at radius 2 is 2.00 bits per heavy atom. The van der Waals surface area contributed by atoms with Crippen LogP contribution in [0.5, 0.6) is 0 Å². The van der Waals surface area contributed by atoms with Crippen LogP contribution in [0.15, 0.2) is 34.9 Å². The lowest BCUT2D eigenvalue weighted by atomic mass is 10.0. The minimum atomic E-state index is 0.585. The highest BCUT2D eigenvalue weighted by Crippen LogP contribution is 2.25. The van der Waals surface area contributed by atoms with Gasteiger partial charge in [0, 0.05) is 17.0 Å². The molecule has 2 rings (SSSR count). The van der Waals surface area contributed by atoms with Gasteiger partial charge in [-0.3, -0.25) is 0 Å². The van der Waals surface area contributed by atoms with Crippen molar-refractivity contribution in [1.82, 2.24) is 5.16 Å². The summed E-state index contributed by atoms with van der Waals surface area (Å²) in [5.74, 6) is 1.44. The van der Waals surface area contributed by atoms with Gasteiger partial charge >= 0.3 is 0 Å². The van der Waals surface area contributed by atoms with E-state index < -0.39 is 0 Å². The normalized spacial score (nSPS) is 10.5. The zero-order chi connectivity index (χ0) is 10.7. The first kappa shape index (κ1) is 10.2. The second-order valence-electron chi connectivity index (χ2n) is 3.37. The number of benzene rings is 1. The van der Waals surface area contributed by atoms with Crippen LogP contribution in [0.3, 0.4) is 0 Å².